The first-order chi connectivity index (χ1) is 20.8. The highest BCUT2D eigenvalue weighted by atomic mass is 15.4. The SMILES string of the molecule is CCCCCCCCCCCCCCCCCCCN1C=CN(CC)C1(Cc1ccccc1)C(CC)c1ccccc1. The van der Waals surface area contributed by atoms with Crippen molar-refractivity contribution in [3.63, 3.8) is 0 Å². The van der Waals surface area contributed by atoms with Gasteiger partial charge in [0.2, 0.25) is 0 Å². The monoisotopic (exact) mass is 573 g/mol. The molecule has 234 valence electrons. The van der Waals surface area contributed by atoms with Crippen LogP contribution in [0.1, 0.15) is 153 Å². The molecule has 42 heavy (non-hydrogen) atoms. The van der Waals surface area contributed by atoms with Crippen LogP contribution >= 0.6 is 0 Å². The number of nitrogens with zero attached hydrogens (tertiary/aromatic N) is 2. The van der Waals surface area contributed by atoms with Crippen molar-refractivity contribution in [3.05, 3.63) is 84.2 Å². The lowest BCUT2D eigenvalue weighted by molar-refractivity contribution is -0.00000803. The molecule has 0 aliphatic carbocycles. The molecule has 0 fully saturated rings. The molecule has 1 aliphatic rings. The summed E-state index contributed by atoms with van der Waals surface area (Å²) in [5.41, 5.74) is 2.84. The fourth-order valence-corrected chi connectivity index (χ4v) is 7.38. The van der Waals surface area contributed by atoms with Crippen LogP contribution in [-0.2, 0) is 6.42 Å². The summed E-state index contributed by atoms with van der Waals surface area (Å²) in [5, 5.41) is 0. The van der Waals surface area contributed by atoms with Crippen molar-refractivity contribution in [2.75, 3.05) is 13.1 Å². The predicted molar refractivity (Wildman–Crippen MR) is 185 cm³/mol. The standard InChI is InChI=1S/C40H64N2/c1-4-7-8-9-10-11-12-13-14-15-16-17-18-19-20-21-28-33-42-35-34-41(6-3)40(42,36-37-29-24-22-25-30-37)39(5-2)38-31-26-23-27-32-38/h22-27,29-32,34-35,39H,4-21,28,33,36H2,1-3H3. The van der Waals surface area contributed by atoms with Gasteiger partial charge < -0.3 is 9.80 Å². The maximum absolute atomic E-state index is 2.72. The molecule has 2 nitrogen and oxygen atoms in total. The first kappa shape index (κ1) is 34.3. The summed E-state index contributed by atoms with van der Waals surface area (Å²) in [6.45, 7) is 9.17. The minimum atomic E-state index is -0.0543. The van der Waals surface area contributed by atoms with E-state index >= 15 is 0 Å². The number of hydrogen-bond donors (Lipinski definition) is 0. The second-order valence-corrected chi connectivity index (χ2v) is 12.8. The molecule has 2 aromatic carbocycles. The zero-order valence-electron chi connectivity index (χ0n) is 27.7. The molecule has 0 spiro atoms. The van der Waals surface area contributed by atoms with Gasteiger partial charge in [-0.1, -0.05) is 177 Å². The van der Waals surface area contributed by atoms with Crippen molar-refractivity contribution in [2.45, 2.75) is 154 Å². The van der Waals surface area contributed by atoms with Crippen LogP contribution in [0.25, 0.3) is 0 Å². The Morgan fingerprint density at radius 3 is 1.45 bits per heavy atom. The van der Waals surface area contributed by atoms with Crippen LogP contribution < -0.4 is 0 Å². The Kier molecular flexibility index (Phi) is 16.8. The Balaban J connectivity index is 1.41. The van der Waals surface area contributed by atoms with Gasteiger partial charge in [0.15, 0.2) is 0 Å². The largest absolute Gasteiger partial charge is 0.353 e. The molecule has 2 atom stereocenters. The molecule has 0 saturated carbocycles. The lowest BCUT2D eigenvalue weighted by Crippen LogP contribution is -2.59. The van der Waals surface area contributed by atoms with Crippen molar-refractivity contribution in [1.29, 1.82) is 0 Å². The lowest BCUT2D eigenvalue weighted by atomic mass is 9.78. The second-order valence-electron chi connectivity index (χ2n) is 12.8. The molecular formula is C40H64N2. The van der Waals surface area contributed by atoms with Crippen LogP contribution in [0.3, 0.4) is 0 Å². The summed E-state index contributed by atoms with van der Waals surface area (Å²) in [7, 11) is 0. The zero-order chi connectivity index (χ0) is 29.7. The van der Waals surface area contributed by atoms with E-state index in [1.54, 1.807) is 0 Å². The van der Waals surface area contributed by atoms with E-state index in [4.69, 9.17) is 0 Å². The van der Waals surface area contributed by atoms with Gasteiger partial charge in [0.25, 0.3) is 0 Å². The molecule has 2 heteroatoms. The quantitative estimate of drug-likeness (QED) is 0.115. The van der Waals surface area contributed by atoms with Crippen molar-refractivity contribution in [1.82, 2.24) is 9.80 Å². The Bertz CT molecular complexity index is 939. The smallest absolute Gasteiger partial charge is 0.123 e. The highest BCUT2D eigenvalue weighted by Gasteiger charge is 2.48. The number of rotatable bonds is 24. The molecule has 0 N–H and O–H groups in total. The van der Waals surface area contributed by atoms with Gasteiger partial charge in [-0.2, -0.15) is 0 Å². The Labute approximate surface area is 261 Å². The van der Waals surface area contributed by atoms with Crippen LogP contribution in [0.4, 0.5) is 0 Å². The van der Waals surface area contributed by atoms with Crippen LogP contribution in [-0.4, -0.2) is 28.6 Å². The van der Waals surface area contributed by atoms with E-state index in [0.717, 1.165) is 25.9 Å². The molecule has 0 amide bonds. The summed E-state index contributed by atoms with van der Waals surface area (Å²) in [6, 6.07) is 22.5. The van der Waals surface area contributed by atoms with E-state index < -0.39 is 0 Å². The molecule has 1 heterocycles. The third kappa shape index (κ3) is 10.8. The minimum absolute atomic E-state index is 0.0543. The molecular weight excluding hydrogens is 508 g/mol. The third-order valence-electron chi connectivity index (χ3n) is 9.74. The third-order valence-corrected chi connectivity index (χ3v) is 9.74. The molecule has 1 aliphatic heterocycles. The highest BCUT2D eigenvalue weighted by molar-refractivity contribution is 5.30. The van der Waals surface area contributed by atoms with Gasteiger partial charge in [-0.15, -0.1) is 0 Å². The van der Waals surface area contributed by atoms with Gasteiger partial charge in [0.1, 0.15) is 5.66 Å². The summed E-state index contributed by atoms with van der Waals surface area (Å²) < 4.78 is 0. The highest BCUT2D eigenvalue weighted by Crippen LogP contribution is 2.45. The number of benzene rings is 2. The average Bonchev–Trinajstić information content (AvgIpc) is 3.37. The van der Waals surface area contributed by atoms with Crippen molar-refractivity contribution in [3.8, 4) is 0 Å². The Morgan fingerprint density at radius 2 is 0.976 bits per heavy atom. The molecule has 0 aromatic heterocycles. The average molecular weight is 573 g/mol. The maximum Gasteiger partial charge on any atom is 0.123 e. The van der Waals surface area contributed by atoms with Crippen molar-refractivity contribution >= 4 is 0 Å². The molecule has 0 bridgehead atoms. The number of hydrogen-bond acceptors (Lipinski definition) is 2. The fraction of sp³-hybridized carbons (Fsp3) is 0.650. The Morgan fingerprint density at radius 1 is 0.524 bits per heavy atom. The predicted octanol–water partition coefficient (Wildman–Crippen LogP) is 11.9. The normalized spacial score (nSPS) is 17.3. The topological polar surface area (TPSA) is 6.48 Å². The Hall–Kier alpha value is -2.22. The van der Waals surface area contributed by atoms with E-state index in [9.17, 15) is 0 Å². The van der Waals surface area contributed by atoms with Gasteiger partial charge in [0, 0.05) is 37.8 Å². The molecule has 3 rings (SSSR count). The van der Waals surface area contributed by atoms with E-state index in [-0.39, 0.29) is 5.66 Å². The van der Waals surface area contributed by atoms with Gasteiger partial charge >= 0.3 is 0 Å². The van der Waals surface area contributed by atoms with Gasteiger partial charge in [-0.25, -0.2) is 0 Å². The van der Waals surface area contributed by atoms with Gasteiger partial charge in [-0.05, 0) is 30.9 Å². The zero-order valence-corrected chi connectivity index (χ0v) is 27.7. The maximum atomic E-state index is 2.72. The van der Waals surface area contributed by atoms with Crippen molar-refractivity contribution in [2.24, 2.45) is 0 Å². The molecule has 2 aromatic rings. The second kappa shape index (κ2) is 20.6. The van der Waals surface area contributed by atoms with Gasteiger partial charge in [0.05, 0.1) is 0 Å². The summed E-state index contributed by atoms with van der Waals surface area (Å²) >= 11 is 0. The summed E-state index contributed by atoms with van der Waals surface area (Å²) in [5.74, 6) is 0.444. The lowest BCUT2D eigenvalue weighted by Gasteiger charge is -2.51. The fourth-order valence-electron chi connectivity index (χ4n) is 7.38. The summed E-state index contributed by atoms with van der Waals surface area (Å²) in [6.07, 6.45) is 31.1. The number of likely N-dealkylation sites (N-methyl/N-ethyl adjacent to an activating group) is 1. The molecule has 0 radical (unpaired) electrons. The number of unbranched alkanes of at least 4 members (excludes halogenated alkanes) is 16. The first-order valence-electron chi connectivity index (χ1n) is 18.1. The molecule has 2 unspecified atom stereocenters. The van der Waals surface area contributed by atoms with Crippen LogP contribution in [0.5, 0.6) is 0 Å². The first-order valence-corrected chi connectivity index (χ1v) is 18.1. The van der Waals surface area contributed by atoms with Crippen LogP contribution in [0.2, 0.25) is 0 Å². The minimum Gasteiger partial charge on any atom is -0.353 e. The van der Waals surface area contributed by atoms with E-state index in [2.05, 4.69) is 104 Å². The van der Waals surface area contributed by atoms with Crippen LogP contribution in [0.15, 0.2) is 73.1 Å². The molecule has 0 saturated heterocycles. The van der Waals surface area contributed by atoms with E-state index in [1.807, 2.05) is 0 Å². The van der Waals surface area contributed by atoms with Crippen LogP contribution in [0, 0.1) is 0 Å². The van der Waals surface area contributed by atoms with E-state index in [1.165, 1.54) is 120 Å². The summed E-state index contributed by atoms with van der Waals surface area (Å²) in [4.78, 5) is 5.35. The van der Waals surface area contributed by atoms with Gasteiger partial charge in [-0.3, -0.25) is 0 Å². The van der Waals surface area contributed by atoms with E-state index in [0.29, 0.717) is 5.92 Å². The van der Waals surface area contributed by atoms with Crippen molar-refractivity contribution < 1.29 is 0 Å².